The zero-order valence-electron chi connectivity index (χ0n) is 14.2. The van der Waals surface area contributed by atoms with E-state index in [0.717, 1.165) is 25.0 Å². The Balaban J connectivity index is 1.94. The van der Waals surface area contributed by atoms with Gasteiger partial charge in [-0.2, -0.15) is 0 Å². The van der Waals surface area contributed by atoms with Gasteiger partial charge in [0.25, 0.3) is 0 Å². The third kappa shape index (κ3) is 3.82. The summed E-state index contributed by atoms with van der Waals surface area (Å²) in [5.41, 5.74) is -0.900. The average Bonchev–Trinajstić information content (AvgIpc) is 3.28. The molecule has 1 heterocycles. The van der Waals surface area contributed by atoms with Gasteiger partial charge in [0.1, 0.15) is 17.2 Å². The van der Waals surface area contributed by atoms with E-state index in [-0.39, 0.29) is 23.9 Å². The number of ether oxygens (including phenoxy) is 1. The van der Waals surface area contributed by atoms with Crippen LogP contribution in [0.4, 0.5) is 8.78 Å². The molecule has 1 aliphatic carbocycles. The van der Waals surface area contributed by atoms with Gasteiger partial charge in [0.15, 0.2) is 0 Å². The van der Waals surface area contributed by atoms with Crippen molar-refractivity contribution in [2.24, 2.45) is 0 Å². The van der Waals surface area contributed by atoms with Gasteiger partial charge < -0.3 is 14.6 Å². The first-order valence-electron chi connectivity index (χ1n) is 8.31. The first kappa shape index (κ1) is 17.8. The molecule has 0 unspecified atom stereocenters. The average molecular weight is 360 g/mol. The molecule has 2 aromatic rings. The van der Waals surface area contributed by atoms with E-state index in [9.17, 15) is 18.4 Å². The van der Waals surface area contributed by atoms with Crippen molar-refractivity contribution in [2.75, 3.05) is 6.61 Å². The lowest BCUT2D eigenvalue weighted by Gasteiger charge is -2.11. The Kier molecular flexibility index (Phi) is 5.16. The lowest BCUT2D eigenvalue weighted by Crippen LogP contribution is -2.21. The predicted molar refractivity (Wildman–Crippen MR) is 90.9 cm³/mol. The van der Waals surface area contributed by atoms with Crippen LogP contribution in [-0.4, -0.2) is 29.0 Å². The molecule has 0 aliphatic heterocycles. The van der Waals surface area contributed by atoms with Crippen LogP contribution >= 0.6 is 0 Å². The van der Waals surface area contributed by atoms with Crippen LogP contribution in [0.25, 0.3) is 5.69 Å². The van der Waals surface area contributed by atoms with Crippen LogP contribution in [0.5, 0.6) is 0 Å². The van der Waals surface area contributed by atoms with Crippen molar-refractivity contribution in [3.63, 3.8) is 0 Å². The number of nitrogens with one attached hydrogen (secondary N) is 1. The maximum atomic E-state index is 14.5. The summed E-state index contributed by atoms with van der Waals surface area (Å²) in [7, 11) is 0. The lowest BCUT2D eigenvalue weighted by atomic mass is 10.0. The number of carbonyl (C=O) groups is 2. The van der Waals surface area contributed by atoms with Gasteiger partial charge in [0, 0.05) is 30.7 Å². The fourth-order valence-electron chi connectivity index (χ4n) is 2.43. The lowest BCUT2D eigenvalue weighted by molar-refractivity contribution is -0.138. The number of ketones is 1. The van der Waals surface area contributed by atoms with E-state index in [1.807, 2.05) is 0 Å². The van der Waals surface area contributed by atoms with Crippen LogP contribution in [0.3, 0.4) is 0 Å². The van der Waals surface area contributed by atoms with E-state index >= 15 is 0 Å². The van der Waals surface area contributed by atoms with Crippen LogP contribution in [0.15, 0.2) is 48.4 Å². The van der Waals surface area contributed by atoms with Crippen LogP contribution in [0, 0.1) is 11.6 Å². The maximum absolute atomic E-state index is 14.5. The van der Waals surface area contributed by atoms with Gasteiger partial charge in [0.2, 0.25) is 5.78 Å². The van der Waals surface area contributed by atoms with Crippen molar-refractivity contribution in [3.8, 4) is 5.69 Å². The third-order valence-electron chi connectivity index (χ3n) is 3.94. The highest BCUT2D eigenvalue weighted by molar-refractivity contribution is 6.24. The van der Waals surface area contributed by atoms with E-state index in [2.05, 4.69) is 5.32 Å². The number of aromatic nitrogens is 1. The molecule has 0 saturated heterocycles. The van der Waals surface area contributed by atoms with E-state index in [0.29, 0.717) is 0 Å². The number of carbonyl (C=O) groups excluding carboxylic acids is 2. The molecule has 136 valence electrons. The Hall–Kier alpha value is -2.96. The molecular formula is C19H18F2N2O3. The topological polar surface area (TPSA) is 60.3 Å². The molecular weight excluding hydrogens is 342 g/mol. The number of esters is 1. The fourth-order valence-corrected chi connectivity index (χ4v) is 2.43. The molecule has 1 N–H and O–H groups in total. The predicted octanol–water partition coefficient (Wildman–Crippen LogP) is 3.14. The fraction of sp³-hybridized carbons (Fsp3) is 0.263. The minimum atomic E-state index is -0.924. The normalized spacial score (nSPS) is 14.2. The van der Waals surface area contributed by atoms with E-state index in [1.54, 1.807) is 31.5 Å². The highest BCUT2D eigenvalue weighted by Gasteiger charge is 2.27. The molecule has 0 radical (unpaired) electrons. The standard InChI is InChI=1S/C19H18F2N2O3/c1-2-26-19(25)14(11-22-12-5-6-12)18(24)13-9-16(21)17(10-15(13)20)23-7-3-4-8-23/h3-4,7-12,22H,2,5-6H2,1H3. The molecule has 1 aliphatic rings. The molecule has 0 atom stereocenters. The summed E-state index contributed by atoms with van der Waals surface area (Å²) in [5.74, 6) is -3.49. The molecule has 1 aromatic heterocycles. The summed E-state index contributed by atoms with van der Waals surface area (Å²) in [6, 6.07) is 5.25. The first-order valence-corrected chi connectivity index (χ1v) is 8.31. The third-order valence-corrected chi connectivity index (χ3v) is 3.94. The molecule has 5 nitrogen and oxygen atoms in total. The van der Waals surface area contributed by atoms with Crippen molar-refractivity contribution in [1.82, 2.24) is 9.88 Å². The summed E-state index contributed by atoms with van der Waals surface area (Å²) in [6.45, 7) is 1.66. The number of hydrogen-bond acceptors (Lipinski definition) is 4. The summed E-state index contributed by atoms with van der Waals surface area (Å²) in [5, 5.41) is 2.91. The Morgan fingerprint density at radius 1 is 1.23 bits per heavy atom. The van der Waals surface area contributed by atoms with E-state index in [1.165, 1.54) is 10.8 Å². The van der Waals surface area contributed by atoms with Gasteiger partial charge in [-0.15, -0.1) is 0 Å². The van der Waals surface area contributed by atoms with Crippen molar-refractivity contribution in [2.45, 2.75) is 25.8 Å². The molecule has 0 spiro atoms. The zero-order valence-corrected chi connectivity index (χ0v) is 14.2. The number of rotatable bonds is 7. The molecule has 0 bridgehead atoms. The second-order valence-corrected chi connectivity index (χ2v) is 5.92. The Labute approximate surface area is 149 Å². The maximum Gasteiger partial charge on any atom is 0.343 e. The Bertz CT molecular complexity index is 856. The second kappa shape index (κ2) is 7.51. The van der Waals surface area contributed by atoms with Crippen molar-refractivity contribution >= 4 is 11.8 Å². The molecule has 1 fully saturated rings. The van der Waals surface area contributed by atoms with Crippen LogP contribution in [0.1, 0.15) is 30.1 Å². The van der Waals surface area contributed by atoms with Gasteiger partial charge in [-0.1, -0.05) is 0 Å². The molecule has 3 rings (SSSR count). The summed E-state index contributed by atoms with van der Waals surface area (Å²) >= 11 is 0. The number of hydrogen-bond donors (Lipinski definition) is 1. The number of Topliss-reactive ketones (excluding diaryl/α,β-unsaturated/α-hetero) is 1. The first-order chi connectivity index (χ1) is 12.5. The van der Waals surface area contributed by atoms with Crippen LogP contribution in [-0.2, 0) is 9.53 Å². The Morgan fingerprint density at radius 2 is 1.92 bits per heavy atom. The molecule has 0 amide bonds. The van der Waals surface area contributed by atoms with Gasteiger partial charge in [-0.3, -0.25) is 4.79 Å². The zero-order chi connectivity index (χ0) is 18.7. The number of nitrogens with zero attached hydrogens (tertiary/aromatic N) is 1. The molecule has 1 saturated carbocycles. The van der Waals surface area contributed by atoms with E-state index < -0.39 is 29.0 Å². The summed E-state index contributed by atoms with van der Waals surface area (Å²) in [6.07, 6.45) is 6.20. The highest BCUT2D eigenvalue weighted by Crippen LogP contribution is 2.23. The second-order valence-electron chi connectivity index (χ2n) is 5.92. The molecule has 7 heteroatoms. The van der Waals surface area contributed by atoms with E-state index in [4.69, 9.17) is 4.74 Å². The Morgan fingerprint density at radius 3 is 2.54 bits per heavy atom. The minimum absolute atomic E-state index is 0.0261. The quantitative estimate of drug-likeness (QED) is 0.271. The van der Waals surface area contributed by atoms with Crippen molar-refractivity contribution in [1.29, 1.82) is 0 Å². The molecule has 1 aromatic carbocycles. The van der Waals surface area contributed by atoms with Crippen molar-refractivity contribution in [3.05, 3.63) is 65.6 Å². The smallest absolute Gasteiger partial charge is 0.343 e. The summed E-state index contributed by atoms with van der Waals surface area (Å²) < 4.78 is 35.1. The van der Waals surface area contributed by atoms with Gasteiger partial charge >= 0.3 is 5.97 Å². The van der Waals surface area contributed by atoms with Crippen LogP contribution in [0.2, 0.25) is 0 Å². The van der Waals surface area contributed by atoms with Gasteiger partial charge in [-0.05, 0) is 38.0 Å². The van der Waals surface area contributed by atoms with Gasteiger partial charge in [-0.25, -0.2) is 13.6 Å². The SMILES string of the molecule is CCOC(=O)C(=CNC1CC1)C(=O)c1cc(F)c(-n2cccc2)cc1F. The van der Waals surface area contributed by atoms with Crippen LogP contribution < -0.4 is 5.32 Å². The number of halogens is 2. The number of benzene rings is 1. The largest absolute Gasteiger partial charge is 0.462 e. The highest BCUT2D eigenvalue weighted by atomic mass is 19.1. The summed E-state index contributed by atoms with van der Waals surface area (Å²) in [4.78, 5) is 24.7. The van der Waals surface area contributed by atoms with Gasteiger partial charge in [0.05, 0.1) is 17.9 Å². The molecule has 26 heavy (non-hydrogen) atoms. The minimum Gasteiger partial charge on any atom is -0.462 e. The van der Waals surface area contributed by atoms with Crippen molar-refractivity contribution < 1.29 is 23.1 Å². The monoisotopic (exact) mass is 360 g/mol.